The van der Waals surface area contributed by atoms with Crippen LogP contribution in [0.25, 0.3) is 22.5 Å². The summed E-state index contributed by atoms with van der Waals surface area (Å²) in [5.74, 6) is 0.0457. The number of carbonyl (C=O) groups is 1. The normalized spacial score (nSPS) is 10.5. The number of nitrogens with one attached hydrogen (secondary N) is 1. The number of pyridine rings is 1. The van der Waals surface area contributed by atoms with Crippen LogP contribution in [-0.2, 0) is 7.05 Å². The number of aromatic nitrogens is 3. The van der Waals surface area contributed by atoms with Gasteiger partial charge in [-0.1, -0.05) is 0 Å². The summed E-state index contributed by atoms with van der Waals surface area (Å²) in [5.41, 5.74) is 8.26. The summed E-state index contributed by atoms with van der Waals surface area (Å²) in [4.78, 5) is 19.4. The standard InChI is InChI=1S/C16H14FN5O/c1-22-9-20-14(10-2-4-12(17)5-3-10)15(22)11-6-7-19-13(8-11)21-16(18)23/h2-9H,1H3,(H3,18,19,21,23). The molecule has 0 aliphatic carbocycles. The highest BCUT2D eigenvalue weighted by Crippen LogP contribution is 2.31. The van der Waals surface area contributed by atoms with Crippen molar-refractivity contribution in [1.29, 1.82) is 0 Å². The topological polar surface area (TPSA) is 85.8 Å². The number of anilines is 1. The molecule has 0 bridgehead atoms. The molecule has 0 fully saturated rings. The number of hydrogen-bond donors (Lipinski definition) is 2. The van der Waals surface area contributed by atoms with Crippen LogP contribution in [0.4, 0.5) is 15.0 Å². The van der Waals surface area contributed by atoms with Crippen LogP contribution in [0.5, 0.6) is 0 Å². The zero-order valence-corrected chi connectivity index (χ0v) is 12.3. The Labute approximate surface area is 131 Å². The Balaban J connectivity index is 2.08. The largest absolute Gasteiger partial charge is 0.351 e. The molecular formula is C16H14FN5O. The number of nitrogens with two attached hydrogens (primary N) is 1. The van der Waals surface area contributed by atoms with E-state index in [1.165, 1.54) is 12.1 Å². The van der Waals surface area contributed by atoms with Crippen molar-refractivity contribution in [3.8, 4) is 22.5 Å². The van der Waals surface area contributed by atoms with Crippen molar-refractivity contribution in [2.24, 2.45) is 12.8 Å². The minimum Gasteiger partial charge on any atom is -0.351 e. The van der Waals surface area contributed by atoms with Crippen molar-refractivity contribution in [2.75, 3.05) is 5.32 Å². The predicted octanol–water partition coefficient (Wildman–Crippen LogP) is 2.78. The van der Waals surface area contributed by atoms with Crippen molar-refractivity contribution in [1.82, 2.24) is 14.5 Å². The molecule has 0 radical (unpaired) electrons. The molecule has 116 valence electrons. The van der Waals surface area contributed by atoms with E-state index in [1.54, 1.807) is 36.8 Å². The highest BCUT2D eigenvalue weighted by atomic mass is 19.1. The van der Waals surface area contributed by atoms with Gasteiger partial charge in [0.2, 0.25) is 0 Å². The number of imidazole rings is 1. The lowest BCUT2D eigenvalue weighted by atomic mass is 10.1. The van der Waals surface area contributed by atoms with Gasteiger partial charge in [-0.05, 0) is 36.4 Å². The molecule has 23 heavy (non-hydrogen) atoms. The van der Waals surface area contributed by atoms with Crippen LogP contribution in [0, 0.1) is 5.82 Å². The van der Waals surface area contributed by atoms with Crippen LogP contribution in [-0.4, -0.2) is 20.6 Å². The molecule has 3 rings (SSSR count). The number of rotatable bonds is 3. The van der Waals surface area contributed by atoms with Crippen LogP contribution < -0.4 is 11.1 Å². The molecule has 2 amide bonds. The van der Waals surface area contributed by atoms with Crippen molar-refractivity contribution < 1.29 is 9.18 Å². The van der Waals surface area contributed by atoms with Gasteiger partial charge in [0.1, 0.15) is 11.6 Å². The third-order valence-corrected chi connectivity index (χ3v) is 3.34. The predicted molar refractivity (Wildman–Crippen MR) is 85.0 cm³/mol. The summed E-state index contributed by atoms with van der Waals surface area (Å²) in [6.07, 6.45) is 3.25. The molecule has 2 aromatic heterocycles. The van der Waals surface area contributed by atoms with Gasteiger partial charge < -0.3 is 10.3 Å². The minimum absolute atomic E-state index is 0.303. The van der Waals surface area contributed by atoms with Gasteiger partial charge in [0, 0.05) is 24.4 Å². The molecule has 0 aliphatic heterocycles. The highest BCUT2D eigenvalue weighted by Gasteiger charge is 2.14. The first kappa shape index (κ1) is 14.7. The molecule has 0 aliphatic rings. The third kappa shape index (κ3) is 3.03. The second-order valence-electron chi connectivity index (χ2n) is 4.98. The first-order valence-electron chi connectivity index (χ1n) is 6.85. The Morgan fingerprint density at radius 3 is 2.61 bits per heavy atom. The molecule has 0 atom stereocenters. The van der Waals surface area contributed by atoms with Gasteiger partial charge in [0.15, 0.2) is 0 Å². The Hall–Kier alpha value is -3.22. The SMILES string of the molecule is Cn1cnc(-c2ccc(F)cc2)c1-c1ccnc(NC(N)=O)c1. The lowest BCUT2D eigenvalue weighted by molar-refractivity contribution is 0.259. The zero-order chi connectivity index (χ0) is 16.4. The lowest BCUT2D eigenvalue weighted by Gasteiger charge is -2.08. The van der Waals surface area contributed by atoms with Gasteiger partial charge in [-0.25, -0.2) is 19.2 Å². The van der Waals surface area contributed by atoms with Crippen LogP contribution in [0.1, 0.15) is 0 Å². The monoisotopic (exact) mass is 311 g/mol. The summed E-state index contributed by atoms with van der Waals surface area (Å²) >= 11 is 0. The molecule has 3 N–H and O–H groups in total. The number of halogens is 1. The number of hydrogen-bond acceptors (Lipinski definition) is 3. The zero-order valence-electron chi connectivity index (χ0n) is 12.3. The summed E-state index contributed by atoms with van der Waals surface area (Å²) in [7, 11) is 1.86. The average Bonchev–Trinajstić information content (AvgIpc) is 2.89. The Morgan fingerprint density at radius 2 is 1.91 bits per heavy atom. The molecular weight excluding hydrogens is 297 g/mol. The maximum Gasteiger partial charge on any atom is 0.317 e. The van der Waals surface area contributed by atoms with E-state index in [0.717, 1.165) is 16.8 Å². The fraction of sp³-hybridized carbons (Fsp3) is 0.0625. The van der Waals surface area contributed by atoms with Gasteiger partial charge in [-0.15, -0.1) is 0 Å². The molecule has 0 unspecified atom stereocenters. The number of primary amides is 1. The molecule has 6 nitrogen and oxygen atoms in total. The van der Waals surface area contributed by atoms with E-state index in [-0.39, 0.29) is 5.82 Å². The fourth-order valence-electron chi connectivity index (χ4n) is 2.36. The number of aryl methyl sites for hydroxylation is 1. The summed E-state index contributed by atoms with van der Waals surface area (Å²) in [6, 6.07) is 8.94. The molecule has 0 spiro atoms. The first-order chi connectivity index (χ1) is 11.0. The van der Waals surface area contributed by atoms with Crippen molar-refractivity contribution >= 4 is 11.8 Å². The highest BCUT2D eigenvalue weighted by molar-refractivity contribution is 5.88. The number of benzene rings is 1. The van der Waals surface area contributed by atoms with E-state index in [9.17, 15) is 9.18 Å². The molecule has 2 heterocycles. The van der Waals surface area contributed by atoms with Crippen LogP contribution in [0.15, 0.2) is 48.9 Å². The quantitative estimate of drug-likeness (QED) is 0.780. The molecule has 7 heteroatoms. The maximum absolute atomic E-state index is 13.1. The number of nitrogens with zero attached hydrogens (tertiary/aromatic N) is 3. The van der Waals surface area contributed by atoms with E-state index in [1.807, 2.05) is 11.6 Å². The van der Waals surface area contributed by atoms with Crippen molar-refractivity contribution in [3.05, 3.63) is 54.7 Å². The van der Waals surface area contributed by atoms with Crippen molar-refractivity contribution in [3.63, 3.8) is 0 Å². The van der Waals surface area contributed by atoms with Gasteiger partial charge in [-0.2, -0.15) is 0 Å². The smallest absolute Gasteiger partial charge is 0.317 e. The number of urea groups is 1. The lowest BCUT2D eigenvalue weighted by Crippen LogP contribution is -2.19. The van der Waals surface area contributed by atoms with E-state index in [0.29, 0.717) is 11.5 Å². The molecule has 0 saturated carbocycles. The third-order valence-electron chi connectivity index (χ3n) is 3.34. The summed E-state index contributed by atoms with van der Waals surface area (Å²) in [6.45, 7) is 0. The number of carbonyl (C=O) groups excluding carboxylic acids is 1. The molecule has 0 saturated heterocycles. The maximum atomic E-state index is 13.1. The van der Waals surface area contributed by atoms with E-state index < -0.39 is 6.03 Å². The molecule has 3 aromatic rings. The average molecular weight is 311 g/mol. The Morgan fingerprint density at radius 1 is 1.17 bits per heavy atom. The van der Waals surface area contributed by atoms with Gasteiger partial charge in [-0.3, -0.25) is 5.32 Å². The summed E-state index contributed by atoms with van der Waals surface area (Å²) < 4.78 is 15.0. The van der Waals surface area contributed by atoms with Gasteiger partial charge in [0.05, 0.1) is 17.7 Å². The van der Waals surface area contributed by atoms with Crippen LogP contribution >= 0.6 is 0 Å². The second kappa shape index (κ2) is 5.88. The Bertz CT molecular complexity index is 857. The van der Waals surface area contributed by atoms with Crippen molar-refractivity contribution in [2.45, 2.75) is 0 Å². The van der Waals surface area contributed by atoms with E-state index in [4.69, 9.17) is 5.73 Å². The number of amides is 2. The van der Waals surface area contributed by atoms with E-state index >= 15 is 0 Å². The van der Waals surface area contributed by atoms with Gasteiger partial charge >= 0.3 is 6.03 Å². The summed E-state index contributed by atoms with van der Waals surface area (Å²) in [5, 5.41) is 2.44. The van der Waals surface area contributed by atoms with E-state index in [2.05, 4.69) is 15.3 Å². The Kier molecular flexibility index (Phi) is 3.76. The van der Waals surface area contributed by atoms with Crippen LogP contribution in [0.2, 0.25) is 0 Å². The first-order valence-corrected chi connectivity index (χ1v) is 6.85. The van der Waals surface area contributed by atoms with Gasteiger partial charge in [0.25, 0.3) is 0 Å². The fourth-order valence-corrected chi connectivity index (χ4v) is 2.36. The van der Waals surface area contributed by atoms with Crippen LogP contribution in [0.3, 0.4) is 0 Å². The minimum atomic E-state index is -0.682. The second-order valence-corrected chi connectivity index (χ2v) is 4.98. The molecule has 1 aromatic carbocycles.